The van der Waals surface area contributed by atoms with Gasteiger partial charge in [0.1, 0.15) is 0 Å². The molecule has 1 heterocycles. The third kappa shape index (κ3) is 2.36. The van der Waals surface area contributed by atoms with E-state index in [0.717, 1.165) is 24.5 Å². The van der Waals surface area contributed by atoms with Gasteiger partial charge in [0.05, 0.1) is 0 Å². The Morgan fingerprint density at radius 2 is 1.87 bits per heavy atom. The van der Waals surface area contributed by atoms with Crippen molar-refractivity contribution in [3.8, 4) is 0 Å². The molecule has 1 aliphatic rings. The first-order valence-electron chi connectivity index (χ1n) is 5.80. The smallest absolute Gasteiger partial charge is 0.216 e. The molecule has 0 aromatic carbocycles. The first-order valence-corrected chi connectivity index (χ1v) is 5.80. The van der Waals surface area contributed by atoms with Crippen LogP contribution in [0.4, 0.5) is 4.39 Å². The molecule has 2 heteroatoms. The Morgan fingerprint density at radius 1 is 1.20 bits per heavy atom. The Balaban J connectivity index is 2.12. The SMILES string of the molecule is Cc1ccc(C2CCC(C)CC2)nc1F. The predicted molar refractivity (Wildman–Crippen MR) is 59.3 cm³/mol. The fourth-order valence-electron chi connectivity index (χ4n) is 2.30. The van der Waals surface area contributed by atoms with Crippen molar-refractivity contribution in [3.63, 3.8) is 0 Å². The van der Waals surface area contributed by atoms with Crippen molar-refractivity contribution in [1.82, 2.24) is 4.98 Å². The van der Waals surface area contributed by atoms with Crippen LogP contribution in [0.15, 0.2) is 12.1 Å². The van der Waals surface area contributed by atoms with E-state index in [1.54, 1.807) is 6.92 Å². The Kier molecular flexibility index (Phi) is 3.03. The van der Waals surface area contributed by atoms with Crippen LogP contribution in [0.2, 0.25) is 0 Å². The molecule has 82 valence electrons. The van der Waals surface area contributed by atoms with Crippen LogP contribution in [-0.4, -0.2) is 4.98 Å². The minimum absolute atomic E-state index is 0.300. The summed E-state index contributed by atoms with van der Waals surface area (Å²) >= 11 is 0. The first-order chi connectivity index (χ1) is 7.16. The maximum atomic E-state index is 13.3. The minimum atomic E-state index is -0.300. The van der Waals surface area contributed by atoms with E-state index >= 15 is 0 Å². The summed E-state index contributed by atoms with van der Waals surface area (Å²) in [5, 5.41) is 0. The molecule has 15 heavy (non-hydrogen) atoms. The summed E-state index contributed by atoms with van der Waals surface area (Å²) in [6.45, 7) is 4.05. The quantitative estimate of drug-likeness (QED) is 0.638. The van der Waals surface area contributed by atoms with Gasteiger partial charge in [0.25, 0.3) is 0 Å². The van der Waals surface area contributed by atoms with E-state index in [1.807, 2.05) is 12.1 Å². The fraction of sp³-hybridized carbons (Fsp3) is 0.615. The number of aromatic nitrogens is 1. The van der Waals surface area contributed by atoms with Gasteiger partial charge in [0.2, 0.25) is 5.95 Å². The lowest BCUT2D eigenvalue weighted by molar-refractivity contribution is 0.342. The van der Waals surface area contributed by atoms with Crippen molar-refractivity contribution in [1.29, 1.82) is 0 Å². The molecule has 1 aromatic rings. The van der Waals surface area contributed by atoms with Gasteiger partial charge in [-0.05, 0) is 31.7 Å². The first kappa shape index (κ1) is 10.6. The zero-order valence-electron chi connectivity index (χ0n) is 9.46. The van der Waals surface area contributed by atoms with E-state index in [0.29, 0.717) is 11.5 Å². The van der Waals surface area contributed by atoms with Crippen LogP contribution in [0.5, 0.6) is 0 Å². The van der Waals surface area contributed by atoms with Crippen molar-refractivity contribution in [3.05, 3.63) is 29.3 Å². The fourth-order valence-corrected chi connectivity index (χ4v) is 2.30. The van der Waals surface area contributed by atoms with E-state index in [4.69, 9.17) is 0 Å². The summed E-state index contributed by atoms with van der Waals surface area (Å²) in [5.74, 6) is 1.01. The van der Waals surface area contributed by atoms with Gasteiger partial charge >= 0.3 is 0 Å². The Hall–Kier alpha value is -0.920. The van der Waals surface area contributed by atoms with E-state index in [9.17, 15) is 4.39 Å². The number of nitrogens with zero attached hydrogens (tertiary/aromatic N) is 1. The standard InChI is InChI=1S/C13H18FN/c1-9-3-6-11(7-4-9)12-8-5-10(2)13(14)15-12/h5,8-9,11H,3-4,6-7H2,1-2H3. The molecule has 0 unspecified atom stereocenters. The molecular formula is C13H18FN. The van der Waals surface area contributed by atoms with E-state index < -0.39 is 0 Å². The molecule has 0 aliphatic heterocycles. The van der Waals surface area contributed by atoms with Gasteiger partial charge in [-0.3, -0.25) is 0 Å². The zero-order valence-corrected chi connectivity index (χ0v) is 9.46. The largest absolute Gasteiger partial charge is 0.224 e. The van der Waals surface area contributed by atoms with Crippen LogP contribution in [0.1, 0.15) is 49.8 Å². The third-order valence-electron chi connectivity index (χ3n) is 3.49. The van der Waals surface area contributed by atoms with Crippen LogP contribution in [0.25, 0.3) is 0 Å². The summed E-state index contributed by atoms with van der Waals surface area (Å²) in [7, 11) is 0. The predicted octanol–water partition coefficient (Wildman–Crippen LogP) is 3.82. The highest BCUT2D eigenvalue weighted by Crippen LogP contribution is 2.34. The van der Waals surface area contributed by atoms with Crippen molar-refractivity contribution in [2.24, 2.45) is 5.92 Å². The third-order valence-corrected chi connectivity index (χ3v) is 3.49. The van der Waals surface area contributed by atoms with Gasteiger partial charge in [-0.25, -0.2) is 4.98 Å². The zero-order chi connectivity index (χ0) is 10.8. The van der Waals surface area contributed by atoms with Gasteiger partial charge < -0.3 is 0 Å². The van der Waals surface area contributed by atoms with Gasteiger partial charge in [-0.1, -0.05) is 25.8 Å². The molecule has 0 N–H and O–H groups in total. The van der Waals surface area contributed by atoms with Gasteiger partial charge in [-0.2, -0.15) is 4.39 Å². The molecule has 0 amide bonds. The highest BCUT2D eigenvalue weighted by atomic mass is 19.1. The molecule has 1 saturated carbocycles. The molecule has 0 atom stereocenters. The van der Waals surface area contributed by atoms with Crippen LogP contribution in [0.3, 0.4) is 0 Å². The Bertz CT molecular complexity index is 340. The molecule has 0 bridgehead atoms. The van der Waals surface area contributed by atoms with Crippen molar-refractivity contribution < 1.29 is 4.39 Å². The summed E-state index contributed by atoms with van der Waals surface area (Å²) in [5.41, 5.74) is 1.59. The summed E-state index contributed by atoms with van der Waals surface area (Å²) in [6.07, 6.45) is 4.83. The second-order valence-corrected chi connectivity index (χ2v) is 4.80. The van der Waals surface area contributed by atoms with Crippen LogP contribution in [-0.2, 0) is 0 Å². The number of hydrogen-bond acceptors (Lipinski definition) is 1. The van der Waals surface area contributed by atoms with Crippen molar-refractivity contribution in [2.45, 2.75) is 45.4 Å². The van der Waals surface area contributed by atoms with Crippen LogP contribution < -0.4 is 0 Å². The molecule has 1 fully saturated rings. The topological polar surface area (TPSA) is 12.9 Å². The molecule has 1 aliphatic carbocycles. The van der Waals surface area contributed by atoms with E-state index in [-0.39, 0.29) is 5.95 Å². The summed E-state index contributed by atoms with van der Waals surface area (Å²) < 4.78 is 13.3. The molecule has 0 spiro atoms. The van der Waals surface area contributed by atoms with Gasteiger partial charge in [0, 0.05) is 17.2 Å². The highest BCUT2D eigenvalue weighted by molar-refractivity contribution is 5.17. The maximum absolute atomic E-state index is 13.3. The number of hydrogen-bond donors (Lipinski definition) is 0. The average Bonchev–Trinajstić information content (AvgIpc) is 2.23. The monoisotopic (exact) mass is 207 g/mol. The molecule has 1 aromatic heterocycles. The second kappa shape index (κ2) is 4.30. The van der Waals surface area contributed by atoms with Crippen LogP contribution in [0, 0.1) is 18.8 Å². The number of aryl methyl sites for hydroxylation is 1. The number of pyridine rings is 1. The molecular weight excluding hydrogens is 189 g/mol. The van der Waals surface area contributed by atoms with E-state index in [1.165, 1.54) is 12.8 Å². The second-order valence-electron chi connectivity index (χ2n) is 4.80. The lowest BCUT2D eigenvalue weighted by Gasteiger charge is -2.25. The lowest BCUT2D eigenvalue weighted by Crippen LogP contribution is -2.12. The minimum Gasteiger partial charge on any atom is -0.224 e. The maximum Gasteiger partial charge on any atom is 0.216 e. The average molecular weight is 207 g/mol. The van der Waals surface area contributed by atoms with Crippen molar-refractivity contribution in [2.75, 3.05) is 0 Å². The molecule has 0 saturated heterocycles. The highest BCUT2D eigenvalue weighted by Gasteiger charge is 2.21. The van der Waals surface area contributed by atoms with E-state index in [2.05, 4.69) is 11.9 Å². The van der Waals surface area contributed by atoms with Gasteiger partial charge in [-0.15, -0.1) is 0 Å². The molecule has 1 nitrogen and oxygen atoms in total. The van der Waals surface area contributed by atoms with Crippen LogP contribution >= 0.6 is 0 Å². The molecule has 2 rings (SSSR count). The Morgan fingerprint density at radius 3 is 2.47 bits per heavy atom. The summed E-state index contributed by atoms with van der Waals surface area (Å²) in [6, 6.07) is 3.83. The van der Waals surface area contributed by atoms with Crippen molar-refractivity contribution >= 4 is 0 Å². The Labute approximate surface area is 90.7 Å². The normalized spacial score (nSPS) is 26.6. The lowest BCUT2D eigenvalue weighted by atomic mass is 9.81. The number of rotatable bonds is 1. The summed E-state index contributed by atoms with van der Waals surface area (Å²) in [4.78, 5) is 4.05. The number of halogens is 1. The molecule has 0 radical (unpaired) electrons. The van der Waals surface area contributed by atoms with Gasteiger partial charge in [0.15, 0.2) is 0 Å².